The van der Waals surface area contributed by atoms with Crippen LogP contribution in [-0.4, -0.2) is 23.4 Å². The summed E-state index contributed by atoms with van der Waals surface area (Å²) in [6, 6.07) is 21.0. The largest absolute Gasteiger partial charge is 0.381 e. The van der Waals surface area contributed by atoms with Crippen molar-refractivity contribution in [2.75, 3.05) is 13.2 Å². The summed E-state index contributed by atoms with van der Waals surface area (Å²) < 4.78 is 10.9. The molecule has 0 radical (unpaired) electrons. The van der Waals surface area contributed by atoms with Crippen LogP contribution in [0.3, 0.4) is 0 Å². The molecule has 4 heteroatoms. The van der Waals surface area contributed by atoms with E-state index in [1.54, 1.807) is 0 Å². The molecule has 4 nitrogen and oxygen atoms in total. The highest BCUT2D eigenvalue weighted by Crippen LogP contribution is 2.29. The van der Waals surface area contributed by atoms with Crippen LogP contribution in [0.2, 0.25) is 0 Å². The average Bonchev–Trinajstić information content (AvgIpc) is 3.33. The van der Waals surface area contributed by atoms with E-state index in [9.17, 15) is 0 Å². The molecule has 0 saturated carbocycles. The Morgan fingerprint density at radius 2 is 1.62 bits per heavy atom. The number of hydrogen-bond acceptors (Lipinski definition) is 4. The molecule has 1 aliphatic rings. The molecule has 0 aliphatic carbocycles. The Kier molecular flexibility index (Phi) is 4.38. The Balaban J connectivity index is 1.60. The normalized spacial score (nSPS) is 17.5. The molecule has 1 atom stereocenters. The summed E-state index contributed by atoms with van der Waals surface area (Å²) >= 11 is 0. The van der Waals surface area contributed by atoms with Crippen LogP contribution >= 0.6 is 0 Å². The maximum absolute atomic E-state index is 5.48. The van der Waals surface area contributed by atoms with Crippen molar-refractivity contribution in [1.29, 1.82) is 0 Å². The third-order valence-electron chi connectivity index (χ3n) is 4.55. The standard InChI is InChI=1S/C20H20N2O2/c1-3-7-15(8-4-1)18(16-9-5-2-6-10-16)13-19-21-20(24-22-19)17-11-12-23-14-17/h1-10,17-18H,11-14H2/t17-/m0/s1. The summed E-state index contributed by atoms with van der Waals surface area (Å²) in [6.45, 7) is 1.46. The predicted octanol–water partition coefficient (Wildman–Crippen LogP) is 3.95. The van der Waals surface area contributed by atoms with Crippen LogP contribution in [0.5, 0.6) is 0 Å². The van der Waals surface area contributed by atoms with Gasteiger partial charge in [-0.1, -0.05) is 65.8 Å². The van der Waals surface area contributed by atoms with Gasteiger partial charge in [0, 0.05) is 18.9 Å². The summed E-state index contributed by atoms with van der Waals surface area (Å²) in [6.07, 6.45) is 1.69. The Hall–Kier alpha value is -2.46. The van der Waals surface area contributed by atoms with Gasteiger partial charge in [-0.25, -0.2) is 0 Å². The minimum Gasteiger partial charge on any atom is -0.381 e. The molecule has 0 amide bonds. The molecule has 4 rings (SSSR count). The zero-order chi connectivity index (χ0) is 16.2. The minimum absolute atomic E-state index is 0.220. The van der Waals surface area contributed by atoms with E-state index in [1.165, 1.54) is 11.1 Å². The first-order valence-corrected chi connectivity index (χ1v) is 8.40. The number of benzene rings is 2. The van der Waals surface area contributed by atoms with Crippen molar-refractivity contribution in [3.63, 3.8) is 0 Å². The molecule has 3 aromatic rings. The molecule has 1 fully saturated rings. The van der Waals surface area contributed by atoms with Gasteiger partial charge in [0.15, 0.2) is 5.82 Å². The summed E-state index contributed by atoms with van der Waals surface area (Å²) in [4.78, 5) is 4.63. The third-order valence-corrected chi connectivity index (χ3v) is 4.55. The van der Waals surface area contributed by atoms with Crippen LogP contribution in [0, 0.1) is 0 Å². The third kappa shape index (κ3) is 3.24. The molecule has 1 aliphatic heterocycles. The predicted molar refractivity (Wildman–Crippen MR) is 90.9 cm³/mol. The maximum atomic E-state index is 5.48. The second-order valence-corrected chi connectivity index (χ2v) is 6.19. The number of ether oxygens (including phenoxy) is 1. The molecular weight excluding hydrogens is 300 g/mol. The fourth-order valence-corrected chi connectivity index (χ4v) is 3.23. The van der Waals surface area contributed by atoms with Crippen LogP contribution in [0.4, 0.5) is 0 Å². The Labute approximate surface area is 141 Å². The van der Waals surface area contributed by atoms with Crippen molar-refractivity contribution in [2.24, 2.45) is 0 Å². The molecule has 0 N–H and O–H groups in total. The molecule has 1 aromatic heterocycles. The second kappa shape index (κ2) is 6.97. The highest BCUT2D eigenvalue weighted by molar-refractivity contribution is 5.33. The van der Waals surface area contributed by atoms with Gasteiger partial charge in [0.25, 0.3) is 0 Å². The van der Waals surface area contributed by atoms with E-state index < -0.39 is 0 Å². The summed E-state index contributed by atoms with van der Waals surface area (Å²) in [5, 5.41) is 4.21. The summed E-state index contributed by atoms with van der Waals surface area (Å²) in [5.41, 5.74) is 2.53. The Morgan fingerprint density at radius 1 is 0.958 bits per heavy atom. The van der Waals surface area contributed by atoms with Gasteiger partial charge in [-0.2, -0.15) is 4.98 Å². The monoisotopic (exact) mass is 320 g/mol. The lowest BCUT2D eigenvalue weighted by Crippen LogP contribution is -2.06. The number of rotatable bonds is 5. The number of aromatic nitrogens is 2. The molecule has 2 heterocycles. The fourth-order valence-electron chi connectivity index (χ4n) is 3.23. The molecule has 2 aromatic carbocycles. The van der Waals surface area contributed by atoms with Crippen LogP contribution < -0.4 is 0 Å². The van der Waals surface area contributed by atoms with Crippen molar-refractivity contribution in [2.45, 2.75) is 24.7 Å². The first-order valence-electron chi connectivity index (χ1n) is 8.40. The summed E-state index contributed by atoms with van der Waals surface area (Å²) in [5.74, 6) is 1.94. The van der Waals surface area contributed by atoms with E-state index in [1.807, 2.05) is 12.1 Å². The number of hydrogen-bond donors (Lipinski definition) is 0. The van der Waals surface area contributed by atoms with E-state index in [4.69, 9.17) is 9.26 Å². The van der Waals surface area contributed by atoms with Gasteiger partial charge in [-0.15, -0.1) is 0 Å². The lowest BCUT2D eigenvalue weighted by atomic mass is 9.88. The molecule has 0 spiro atoms. The first-order chi connectivity index (χ1) is 11.9. The van der Waals surface area contributed by atoms with Crippen molar-refractivity contribution in [3.05, 3.63) is 83.5 Å². The van der Waals surface area contributed by atoms with Crippen molar-refractivity contribution in [1.82, 2.24) is 10.1 Å². The van der Waals surface area contributed by atoms with E-state index in [0.29, 0.717) is 12.5 Å². The molecule has 0 bridgehead atoms. The topological polar surface area (TPSA) is 48.2 Å². The van der Waals surface area contributed by atoms with Gasteiger partial charge in [0.1, 0.15) is 0 Å². The maximum Gasteiger partial charge on any atom is 0.232 e. The lowest BCUT2D eigenvalue weighted by molar-refractivity contribution is 0.189. The van der Waals surface area contributed by atoms with E-state index in [0.717, 1.165) is 25.3 Å². The van der Waals surface area contributed by atoms with Gasteiger partial charge in [-0.3, -0.25) is 0 Å². The Bertz CT molecular complexity index is 725. The average molecular weight is 320 g/mol. The van der Waals surface area contributed by atoms with Gasteiger partial charge in [0.05, 0.1) is 12.5 Å². The molecule has 1 saturated heterocycles. The second-order valence-electron chi connectivity index (χ2n) is 6.19. The van der Waals surface area contributed by atoms with Gasteiger partial charge in [-0.05, 0) is 17.5 Å². The minimum atomic E-state index is 0.220. The first kappa shape index (κ1) is 15.1. The molecule has 122 valence electrons. The van der Waals surface area contributed by atoms with Gasteiger partial charge in [0.2, 0.25) is 5.89 Å². The summed E-state index contributed by atoms with van der Waals surface area (Å²) in [7, 11) is 0. The van der Waals surface area contributed by atoms with Crippen LogP contribution in [0.25, 0.3) is 0 Å². The molecular formula is C20H20N2O2. The Morgan fingerprint density at radius 3 is 2.21 bits per heavy atom. The van der Waals surface area contributed by atoms with Crippen LogP contribution in [0.1, 0.15) is 41.1 Å². The number of nitrogens with zero attached hydrogens (tertiary/aromatic N) is 2. The fraction of sp³-hybridized carbons (Fsp3) is 0.300. The van der Waals surface area contributed by atoms with Crippen molar-refractivity contribution >= 4 is 0 Å². The van der Waals surface area contributed by atoms with Crippen molar-refractivity contribution < 1.29 is 9.26 Å². The quantitative estimate of drug-likeness (QED) is 0.714. The highest BCUT2D eigenvalue weighted by Gasteiger charge is 2.25. The van der Waals surface area contributed by atoms with Gasteiger partial charge < -0.3 is 9.26 Å². The lowest BCUT2D eigenvalue weighted by Gasteiger charge is -2.16. The zero-order valence-corrected chi connectivity index (χ0v) is 13.5. The molecule has 0 unspecified atom stereocenters. The smallest absolute Gasteiger partial charge is 0.232 e. The van der Waals surface area contributed by atoms with Crippen molar-refractivity contribution in [3.8, 4) is 0 Å². The van der Waals surface area contributed by atoms with E-state index >= 15 is 0 Å². The van der Waals surface area contributed by atoms with Crippen LogP contribution in [0.15, 0.2) is 65.2 Å². The van der Waals surface area contributed by atoms with Gasteiger partial charge >= 0.3 is 0 Å². The highest BCUT2D eigenvalue weighted by atomic mass is 16.5. The van der Waals surface area contributed by atoms with Crippen LogP contribution in [-0.2, 0) is 11.2 Å². The molecule has 24 heavy (non-hydrogen) atoms. The SMILES string of the molecule is c1ccc(C(Cc2noc([C@H]3CCOC3)n2)c2ccccc2)cc1. The zero-order valence-electron chi connectivity index (χ0n) is 13.5. The van der Waals surface area contributed by atoms with E-state index in [2.05, 4.69) is 58.7 Å². The van der Waals surface area contributed by atoms with E-state index in [-0.39, 0.29) is 11.8 Å².